The summed E-state index contributed by atoms with van der Waals surface area (Å²) in [5.74, 6) is -7.61. The molecule has 1 rings (SSSR count). The predicted molar refractivity (Wildman–Crippen MR) is 211 cm³/mol. The van der Waals surface area contributed by atoms with Crippen molar-refractivity contribution in [1.29, 1.82) is 0 Å². The van der Waals surface area contributed by atoms with Gasteiger partial charge in [-0.15, -0.1) is 12.3 Å². The zero-order chi connectivity index (χ0) is 45.0. The van der Waals surface area contributed by atoms with Gasteiger partial charge in [0.2, 0.25) is 35.4 Å². The molecule has 0 aliphatic rings. The van der Waals surface area contributed by atoms with E-state index in [0.717, 1.165) is 5.56 Å². The molecule has 19 nitrogen and oxygen atoms in total. The van der Waals surface area contributed by atoms with Crippen molar-refractivity contribution in [1.82, 2.24) is 31.9 Å². The van der Waals surface area contributed by atoms with E-state index < -0.39 is 127 Å². The van der Waals surface area contributed by atoms with Crippen LogP contribution in [0.2, 0.25) is 0 Å². The van der Waals surface area contributed by atoms with E-state index >= 15 is 0 Å². The Bertz CT molecular complexity index is 1750. The molecule has 9 N–H and O–H groups in total. The van der Waals surface area contributed by atoms with Crippen LogP contribution >= 0.6 is 0 Å². The highest BCUT2D eigenvalue weighted by Gasteiger charge is 2.38. The van der Waals surface area contributed by atoms with Crippen LogP contribution in [0.5, 0.6) is 0 Å². The Morgan fingerprint density at radius 2 is 1.24 bits per heavy atom. The highest BCUT2D eigenvalue weighted by Crippen LogP contribution is 2.21. The van der Waals surface area contributed by atoms with Gasteiger partial charge in [-0.1, -0.05) is 58.9 Å². The first kappa shape index (κ1) is 50.7. The van der Waals surface area contributed by atoms with Crippen LogP contribution in [0.15, 0.2) is 24.3 Å². The first-order valence-corrected chi connectivity index (χ1v) is 18.9. The molecule has 324 valence electrons. The number of rotatable bonds is 25. The summed E-state index contributed by atoms with van der Waals surface area (Å²) in [6, 6.07) is -1.57. The zero-order valence-electron chi connectivity index (χ0n) is 34.1. The van der Waals surface area contributed by atoms with Crippen molar-refractivity contribution in [3.63, 3.8) is 0 Å². The fourth-order valence-electron chi connectivity index (χ4n) is 5.64. The molecule has 6 atom stereocenters. The summed E-state index contributed by atoms with van der Waals surface area (Å²) in [5, 5.41) is 42.4. The molecule has 19 heteroatoms. The summed E-state index contributed by atoms with van der Waals surface area (Å²) < 4.78 is 0. The molecule has 0 aromatic heterocycles. The molecule has 0 saturated carbocycles. The van der Waals surface area contributed by atoms with Crippen LogP contribution in [-0.4, -0.2) is 111 Å². The van der Waals surface area contributed by atoms with Crippen molar-refractivity contribution in [2.24, 2.45) is 11.3 Å². The van der Waals surface area contributed by atoms with Crippen LogP contribution in [0.1, 0.15) is 90.7 Å². The van der Waals surface area contributed by atoms with Gasteiger partial charge in [-0.3, -0.25) is 43.2 Å². The molecule has 59 heavy (non-hydrogen) atoms. The molecular weight excluding hydrogens is 772 g/mol. The van der Waals surface area contributed by atoms with E-state index in [0.29, 0.717) is 11.8 Å². The lowest BCUT2D eigenvalue weighted by Gasteiger charge is -2.33. The second-order valence-electron chi connectivity index (χ2n) is 15.5. The summed E-state index contributed by atoms with van der Waals surface area (Å²) in [5.41, 5.74) is 0.305. The number of carboxylic acids is 3. The average Bonchev–Trinajstić information content (AvgIpc) is 3.13. The van der Waals surface area contributed by atoms with Gasteiger partial charge in [0.1, 0.15) is 36.5 Å². The van der Waals surface area contributed by atoms with Crippen molar-refractivity contribution in [3.8, 4) is 12.3 Å². The SMILES string of the molecule is C#CC[C@@H](C=O)NC(=O)[C@H](CC(C)C)NC(=O)[C@@H](NC(=O)[C@H](Cc1ccccc1C)NC(=O)[C@H](CCC(=O)O)NC(=O)[C@H](CC(=O)O)NC(=O)CCC(=O)O)C(C)(C)C. The molecular formula is C40H56N6O13. The number of benzene rings is 1. The Labute approximate surface area is 342 Å². The van der Waals surface area contributed by atoms with E-state index in [1.165, 1.54) is 0 Å². The number of nitrogens with one attached hydrogen (secondary N) is 6. The molecule has 0 unspecified atom stereocenters. The third-order valence-electron chi connectivity index (χ3n) is 8.78. The summed E-state index contributed by atoms with van der Waals surface area (Å²) >= 11 is 0. The number of amides is 6. The lowest BCUT2D eigenvalue weighted by Crippen LogP contribution is -2.62. The molecule has 0 aliphatic carbocycles. The molecule has 0 saturated heterocycles. The number of aryl methyl sites for hydroxylation is 1. The molecule has 0 radical (unpaired) electrons. The maximum absolute atomic E-state index is 14.2. The lowest BCUT2D eigenvalue weighted by molar-refractivity contribution is -0.142. The molecule has 0 heterocycles. The molecule has 6 amide bonds. The minimum absolute atomic E-state index is 0.0822. The molecule has 0 spiro atoms. The average molecular weight is 829 g/mol. The number of terminal acetylenes is 1. The Morgan fingerprint density at radius 3 is 1.76 bits per heavy atom. The van der Waals surface area contributed by atoms with Crippen molar-refractivity contribution in [3.05, 3.63) is 35.4 Å². The van der Waals surface area contributed by atoms with Crippen LogP contribution in [0.25, 0.3) is 0 Å². The number of hydrogen-bond donors (Lipinski definition) is 9. The summed E-state index contributed by atoms with van der Waals surface area (Å²) in [4.78, 5) is 126. The topological polar surface area (TPSA) is 304 Å². The van der Waals surface area contributed by atoms with E-state index in [9.17, 15) is 58.2 Å². The largest absolute Gasteiger partial charge is 0.481 e. The van der Waals surface area contributed by atoms with Crippen molar-refractivity contribution >= 4 is 59.6 Å². The van der Waals surface area contributed by atoms with Gasteiger partial charge in [0.15, 0.2) is 0 Å². The molecule has 1 aromatic carbocycles. The Balaban J connectivity index is 3.55. The summed E-state index contributed by atoms with van der Waals surface area (Å²) in [6.45, 7) is 10.3. The summed E-state index contributed by atoms with van der Waals surface area (Å²) in [6.07, 6.45) is 2.27. The highest BCUT2D eigenvalue weighted by molar-refractivity contribution is 5.98. The normalized spacial score (nSPS) is 14.1. The van der Waals surface area contributed by atoms with Gasteiger partial charge < -0.3 is 52.0 Å². The maximum atomic E-state index is 14.2. The van der Waals surface area contributed by atoms with Crippen molar-refractivity contribution < 1.29 is 63.3 Å². The highest BCUT2D eigenvalue weighted by atomic mass is 16.4. The third-order valence-corrected chi connectivity index (χ3v) is 8.78. The molecule has 0 bridgehead atoms. The Morgan fingerprint density at radius 1 is 0.695 bits per heavy atom. The van der Waals surface area contributed by atoms with Crippen LogP contribution in [0, 0.1) is 30.6 Å². The number of carboxylic acid groups (broad SMARTS) is 3. The Hall–Kier alpha value is -6.32. The van der Waals surface area contributed by atoms with E-state index in [-0.39, 0.29) is 25.2 Å². The number of hydrogen-bond acceptors (Lipinski definition) is 10. The maximum Gasteiger partial charge on any atom is 0.305 e. The van der Waals surface area contributed by atoms with Crippen LogP contribution in [0.3, 0.4) is 0 Å². The number of aliphatic carboxylic acids is 3. The number of carbonyl (C=O) groups is 10. The fraction of sp³-hybridized carbons (Fsp3) is 0.550. The van der Waals surface area contributed by atoms with E-state index in [1.807, 2.05) is 13.8 Å². The van der Waals surface area contributed by atoms with Crippen molar-refractivity contribution in [2.45, 2.75) is 129 Å². The second kappa shape index (κ2) is 24.5. The van der Waals surface area contributed by atoms with Gasteiger partial charge in [-0.05, 0) is 42.2 Å². The number of carbonyl (C=O) groups excluding carboxylic acids is 7. The van der Waals surface area contributed by atoms with Gasteiger partial charge in [0.05, 0.1) is 18.9 Å². The van der Waals surface area contributed by atoms with Gasteiger partial charge >= 0.3 is 17.9 Å². The Kier molecular flexibility index (Phi) is 21.0. The molecule has 0 fully saturated rings. The molecule has 1 aromatic rings. The third kappa shape index (κ3) is 19.1. The smallest absolute Gasteiger partial charge is 0.305 e. The zero-order valence-corrected chi connectivity index (χ0v) is 34.1. The number of aldehydes is 1. The van der Waals surface area contributed by atoms with Crippen LogP contribution in [-0.2, 0) is 54.4 Å². The standard InChI is InChI=1S/C40H56N6O13/c1-8-11-25(21-47)41-36(56)27(18-22(2)3)45-39(59)34(40(5,6)7)46-38(58)28(19-24-13-10-9-12-23(24)4)44-35(55)26(14-16-31(49)50)43-37(57)29(20-33(53)54)42-30(48)15-17-32(51)52/h1,9-10,12-13,21-22,25-29,34H,11,14-20H2,2-7H3,(H,41,56)(H,42,48)(H,43,57)(H,44,55)(H,45,59)(H,46,58)(H,49,50)(H,51,52)(H,53,54)/t25-,26-,27-,28-,29-,34+/m0/s1. The van der Waals surface area contributed by atoms with Crippen LogP contribution < -0.4 is 31.9 Å². The summed E-state index contributed by atoms with van der Waals surface area (Å²) in [7, 11) is 0. The minimum atomic E-state index is -1.80. The first-order chi connectivity index (χ1) is 27.5. The van der Waals surface area contributed by atoms with Crippen molar-refractivity contribution in [2.75, 3.05) is 0 Å². The predicted octanol–water partition coefficient (Wildman–Crippen LogP) is -0.0350. The van der Waals surface area contributed by atoms with Gasteiger partial charge in [-0.2, -0.15) is 0 Å². The van der Waals surface area contributed by atoms with Gasteiger partial charge in [0, 0.05) is 25.7 Å². The van der Waals surface area contributed by atoms with E-state index in [2.05, 4.69) is 37.8 Å². The second-order valence-corrected chi connectivity index (χ2v) is 15.5. The van der Waals surface area contributed by atoms with Gasteiger partial charge in [-0.25, -0.2) is 0 Å². The minimum Gasteiger partial charge on any atom is -0.481 e. The van der Waals surface area contributed by atoms with Gasteiger partial charge in [0.25, 0.3) is 0 Å². The monoisotopic (exact) mass is 828 g/mol. The first-order valence-electron chi connectivity index (χ1n) is 18.9. The molecule has 0 aliphatic heterocycles. The van der Waals surface area contributed by atoms with E-state index in [1.54, 1.807) is 52.0 Å². The van der Waals surface area contributed by atoms with E-state index in [4.69, 9.17) is 11.5 Å². The fourth-order valence-corrected chi connectivity index (χ4v) is 5.64. The lowest BCUT2D eigenvalue weighted by atomic mass is 9.85. The quantitative estimate of drug-likeness (QED) is 0.0463. The van der Waals surface area contributed by atoms with Crippen LogP contribution in [0.4, 0.5) is 0 Å².